The van der Waals surface area contributed by atoms with Crippen LogP contribution >= 0.6 is 0 Å². The van der Waals surface area contributed by atoms with Gasteiger partial charge in [0, 0.05) is 13.1 Å². The van der Waals surface area contributed by atoms with Crippen molar-refractivity contribution in [2.24, 2.45) is 0 Å². The van der Waals surface area contributed by atoms with Gasteiger partial charge in [-0.2, -0.15) is 0 Å². The fourth-order valence-corrected chi connectivity index (χ4v) is 1.52. The van der Waals surface area contributed by atoms with E-state index >= 15 is 0 Å². The minimum Gasteiger partial charge on any atom is -0.256 e. The molecule has 1 heteroatoms. The van der Waals surface area contributed by atoms with Gasteiger partial charge in [0.25, 0.3) is 0 Å². The molecule has 0 spiro atoms. The Hall–Kier alpha value is -1.63. The summed E-state index contributed by atoms with van der Waals surface area (Å²) in [6.45, 7) is 3.79. The normalized spacial score (nSPS) is 12.3. The third-order valence-electron chi connectivity index (χ3n) is 2.40. The minimum atomic E-state index is -0.565. The van der Waals surface area contributed by atoms with Gasteiger partial charge in [0.15, 0.2) is 0 Å². The van der Waals surface area contributed by atoms with Gasteiger partial charge in [0.05, 0.1) is 5.69 Å². The van der Waals surface area contributed by atoms with E-state index in [4.69, 9.17) is 1.37 Å². The van der Waals surface area contributed by atoms with Gasteiger partial charge in [0.2, 0.25) is 0 Å². The predicted octanol–water partition coefficient (Wildman–Crippen LogP) is 3.87. The maximum atomic E-state index is 8.01. The Bertz CT molecular complexity index is 472. The zero-order chi connectivity index (χ0) is 11.6. The van der Waals surface area contributed by atoms with Gasteiger partial charge in [-0.3, -0.25) is 4.98 Å². The van der Waals surface area contributed by atoms with Crippen molar-refractivity contribution in [1.82, 2.24) is 4.98 Å². The first-order chi connectivity index (χ1) is 7.57. The molecule has 0 atom stereocenters. The molecule has 1 heterocycles. The Labute approximate surface area is 92.2 Å². The lowest BCUT2D eigenvalue weighted by molar-refractivity contribution is 0.867. The summed E-state index contributed by atoms with van der Waals surface area (Å²) in [6.07, 6.45) is 1.79. The largest absolute Gasteiger partial charge is 0.256 e. The van der Waals surface area contributed by atoms with E-state index in [2.05, 4.69) is 4.98 Å². The minimum absolute atomic E-state index is 0.565. The van der Waals surface area contributed by atoms with Crippen LogP contribution in [0.1, 0.15) is 26.7 Å². The van der Waals surface area contributed by atoms with Crippen molar-refractivity contribution in [2.75, 3.05) is 0 Å². The zero-order valence-corrected chi connectivity index (χ0v) is 9.07. The molecule has 0 amide bonds. The second-order valence-corrected chi connectivity index (χ2v) is 3.80. The topological polar surface area (TPSA) is 12.9 Å². The van der Waals surface area contributed by atoms with E-state index in [1.54, 1.807) is 6.20 Å². The van der Waals surface area contributed by atoms with Crippen LogP contribution in [0.25, 0.3) is 11.3 Å². The van der Waals surface area contributed by atoms with Crippen molar-refractivity contribution in [3.05, 3.63) is 54.2 Å². The zero-order valence-electron chi connectivity index (χ0n) is 10.1. The molecule has 0 bridgehead atoms. The van der Waals surface area contributed by atoms with E-state index in [-0.39, 0.29) is 0 Å². The number of hydrogen-bond acceptors (Lipinski definition) is 1. The number of benzene rings is 1. The van der Waals surface area contributed by atoms with Crippen LogP contribution in [0, 0.1) is 0 Å². The highest BCUT2D eigenvalue weighted by Crippen LogP contribution is 2.21. The summed E-state index contributed by atoms with van der Waals surface area (Å²) in [5.41, 5.74) is 3.03. The molecule has 0 aliphatic rings. The van der Waals surface area contributed by atoms with Crippen LogP contribution in [0.15, 0.2) is 48.7 Å². The van der Waals surface area contributed by atoms with Gasteiger partial charge in [-0.15, -0.1) is 0 Å². The summed E-state index contributed by atoms with van der Waals surface area (Å²) >= 11 is 0. The number of nitrogens with zero attached hydrogens (tertiary/aromatic N) is 1. The van der Waals surface area contributed by atoms with Crippen LogP contribution in [0.2, 0.25) is 0 Å². The molecule has 2 aromatic rings. The van der Waals surface area contributed by atoms with Crippen molar-refractivity contribution in [1.29, 1.82) is 0 Å². The van der Waals surface area contributed by atoms with Crippen molar-refractivity contribution in [3.8, 4) is 11.3 Å². The molecule has 0 saturated carbocycles. The number of pyridine rings is 1. The smallest absolute Gasteiger partial charge is 0.0702 e. The Morgan fingerprint density at radius 1 is 1.13 bits per heavy atom. The Morgan fingerprint density at radius 3 is 2.67 bits per heavy atom. The van der Waals surface area contributed by atoms with E-state index in [1.807, 2.05) is 56.3 Å². The van der Waals surface area contributed by atoms with Crippen molar-refractivity contribution in [2.45, 2.75) is 19.7 Å². The van der Waals surface area contributed by atoms with Crippen molar-refractivity contribution in [3.63, 3.8) is 0 Å². The second-order valence-electron chi connectivity index (χ2n) is 3.80. The fraction of sp³-hybridized carbons (Fsp3) is 0.214. The number of rotatable bonds is 2. The van der Waals surface area contributed by atoms with Gasteiger partial charge < -0.3 is 0 Å². The molecule has 0 N–H and O–H groups in total. The van der Waals surface area contributed by atoms with Gasteiger partial charge >= 0.3 is 0 Å². The molecule has 0 aliphatic heterocycles. The molecule has 2 rings (SSSR count). The lowest BCUT2D eigenvalue weighted by atomic mass is 9.99. The summed E-state index contributed by atoms with van der Waals surface area (Å²) in [7, 11) is 0. The average molecular weight is 198 g/mol. The van der Waals surface area contributed by atoms with Crippen LogP contribution in [0.3, 0.4) is 0 Å². The summed E-state index contributed by atoms with van der Waals surface area (Å²) in [4.78, 5) is 4.31. The van der Waals surface area contributed by atoms with Crippen molar-refractivity contribution >= 4 is 0 Å². The highest BCUT2D eigenvalue weighted by atomic mass is 14.7. The summed E-state index contributed by atoms with van der Waals surface area (Å²) in [5.74, 6) is -0.565. The van der Waals surface area contributed by atoms with Crippen LogP contribution in [0.5, 0.6) is 0 Å². The Balaban J connectivity index is 2.45. The standard InChI is InChI=1S/C14H15N/c1-11(2)12-6-5-7-13(10-12)14-8-3-4-9-15-14/h3-11H,1-2H3/i11D. The summed E-state index contributed by atoms with van der Waals surface area (Å²) in [6, 6.07) is 13.9. The van der Waals surface area contributed by atoms with E-state index in [0.717, 1.165) is 16.8 Å². The fourth-order valence-electron chi connectivity index (χ4n) is 1.52. The van der Waals surface area contributed by atoms with Gasteiger partial charge in [-0.25, -0.2) is 0 Å². The molecule has 76 valence electrons. The molecule has 1 nitrogen and oxygen atoms in total. The highest BCUT2D eigenvalue weighted by molar-refractivity contribution is 5.59. The maximum absolute atomic E-state index is 8.01. The van der Waals surface area contributed by atoms with Crippen LogP contribution < -0.4 is 0 Å². The van der Waals surface area contributed by atoms with Gasteiger partial charge in [-0.05, 0) is 29.7 Å². The van der Waals surface area contributed by atoms with E-state index < -0.39 is 5.89 Å². The molecule has 0 aliphatic carbocycles. The van der Waals surface area contributed by atoms with E-state index in [0.29, 0.717) is 0 Å². The SMILES string of the molecule is [2H]C(C)(C)c1cccc(-c2ccccn2)c1. The summed E-state index contributed by atoms with van der Waals surface area (Å²) in [5, 5.41) is 0. The first-order valence-corrected chi connectivity index (χ1v) is 5.09. The molecule has 15 heavy (non-hydrogen) atoms. The molecular weight excluding hydrogens is 182 g/mol. The van der Waals surface area contributed by atoms with Gasteiger partial charge in [-0.1, -0.05) is 38.1 Å². The molecule has 0 radical (unpaired) electrons. The highest BCUT2D eigenvalue weighted by Gasteiger charge is 2.02. The van der Waals surface area contributed by atoms with E-state index in [9.17, 15) is 0 Å². The van der Waals surface area contributed by atoms with Crippen LogP contribution in [-0.2, 0) is 0 Å². The summed E-state index contributed by atoms with van der Waals surface area (Å²) < 4.78 is 8.01. The lowest BCUT2D eigenvalue weighted by Gasteiger charge is -2.07. The lowest BCUT2D eigenvalue weighted by Crippen LogP contribution is -1.88. The molecule has 0 fully saturated rings. The number of hydrogen-bond donors (Lipinski definition) is 0. The molecule has 1 aromatic carbocycles. The monoisotopic (exact) mass is 198 g/mol. The Morgan fingerprint density at radius 2 is 2.00 bits per heavy atom. The molecule has 0 unspecified atom stereocenters. The third kappa shape index (κ3) is 2.24. The second kappa shape index (κ2) is 4.26. The quantitative estimate of drug-likeness (QED) is 0.713. The third-order valence-corrected chi connectivity index (χ3v) is 2.40. The predicted molar refractivity (Wildman–Crippen MR) is 63.8 cm³/mol. The van der Waals surface area contributed by atoms with Crippen LogP contribution in [-0.4, -0.2) is 4.98 Å². The maximum Gasteiger partial charge on any atom is 0.0702 e. The molecular formula is C14H15N. The van der Waals surface area contributed by atoms with E-state index in [1.165, 1.54) is 0 Å². The van der Waals surface area contributed by atoms with Crippen molar-refractivity contribution < 1.29 is 1.37 Å². The van der Waals surface area contributed by atoms with Gasteiger partial charge in [0.1, 0.15) is 0 Å². The Kier molecular flexibility index (Phi) is 2.46. The van der Waals surface area contributed by atoms with Crippen LogP contribution in [0.4, 0.5) is 0 Å². The number of aromatic nitrogens is 1. The molecule has 0 saturated heterocycles. The first-order valence-electron chi connectivity index (χ1n) is 5.59. The first kappa shape index (κ1) is 8.66. The average Bonchev–Trinajstić information content (AvgIpc) is 2.29. The molecule has 1 aromatic heterocycles.